The number of pyridine rings is 2. The Morgan fingerprint density at radius 3 is 2.74 bits per heavy atom. The molecule has 0 radical (unpaired) electrons. The number of hydrogen-bond acceptors (Lipinski definition) is 4. The molecule has 0 saturated carbocycles. The van der Waals surface area contributed by atoms with Gasteiger partial charge in [0, 0.05) is 37.4 Å². The molecule has 3 heterocycles. The van der Waals surface area contributed by atoms with E-state index in [1.165, 1.54) is 0 Å². The molecule has 116 valence electrons. The van der Waals surface area contributed by atoms with Crippen molar-refractivity contribution in [3.8, 4) is 5.82 Å². The van der Waals surface area contributed by atoms with E-state index in [0.29, 0.717) is 11.4 Å². The molecule has 6 heteroatoms. The van der Waals surface area contributed by atoms with Crippen LogP contribution in [0.2, 0.25) is 0 Å². The lowest BCUT2D eigenvalue weighted by atomic mass is 10.1. The van der Waals surface area contributed by atoms with Gasteiger partial charge in [-0.25, -0.2) is 9.97 Å². The summed E-state index contributed by atoms with van der Waals surface area (Å²) < 4.78 is 1.76. The second-order valence-corrected chi connectivity index (χ2v) is 5.22. The number of amides is 1. The van der Waals surface area contributed by atoms with Gasteiger partial charge < -0.3 is 4.90 Å². The van der Waals surface area contributed by atoms with Crippen LogP contribution in [0.4, 0.5) is 0 Å². The molecule has 0 aromatic carbocycles. The van der Waals surface area contributed by atoms with E-state index in [1.54, 1.807) is 59.8 Å². The Kier molecular flexibility index (Phi) is 4.14. The molecule has 0 aliphatic carbocycles. The summed E-state index contributed by atoms with van der Waals surface area (Å²) in [6.07, 6.45) is 8.47. The van der Waals surface area contributed by atoms with Crippen LogP contribution < -0.4 is 0 Å². The van der Waals surface area contributed by atoms with E-state index in [9.17, 15) is 4.79 Å². The normalized spacial score (nSPS) is 11.9. The van der Waals surface area contributed by atoms with E-state index in [1.807, 2.05) is 25.1 Å². The lowest BCUT2D eigenvalue weighted by Crippen LogP contribution is -2.30. The molecule has 0 fully saturated rings. The Hall–Kier alpha value is -3.02. The smallest absolute Gasteiger partial charge is 0.254 e. The fourth-order valence-electron chi connectivity index (χ4n) is 2.29. The second-order valence-electron chi connectivity index (χ2n) is 5.22. The lowest BCUT2D eigenvalue weighted by Gasteiger charge is -2.24. The van der Waals surface area contributed by atoms with Crippen LogP contribution in [0.25, 0.3) is 5.82 Å². The Balaban J connectivity index is 1.84. The maximum atomic E-state index is 12.7. The molecular formula is C17H17N5O. The first kappa shape index (κ1) is 14.9. The van der Waals surface area contributed by atoms with Crippen molar-refractivity contribution in [3.63, 3.8) is 0 Å². The summed E-state index contributed by atoms with van der Waals surface area (Å²) >= 11 is 0. The van der Waals surface area contributed by atoms with Gasteiger partial charge in [0.15, 0.2) is 0 Å². The zero-order chi connectivity index (χ0) is 16.2. The third-order valence-electron chi connectivity index (χ3n) is 3.78. The number of aromatic nitrogens is 4. The number of rotatable bonds is 4. The van der Waals surface area contributed by atoms with Crippen molar-refractivity contribution in [3.05, 3.63) is 72.7 Å². The molecule has 0 N–H and O–H groups in total. The van der Waals surface area contributed by atoms with E-state index in [-0.39, 0.29) is 11.9 Å². The standard InChI is InChI=1S/C17H17N5O/c1-13(15-5-3-4-7-19-15)21(2)17(23)14-6-8-20-16(11-14)22-10-9-18-12-22/h3-13H,1-2H3/t13-/m1/s1. The van der Waals surface area contributed by atoms with Gasteiger partial charge in [-0.3, -0.25) is 14.3 Å². The first-order valence-corrected chi connectivity index (χ1v) is 7.29. The number of imidazole rings is 1. The average molecular weight is 307 g/mol. The van der Waals surface area contributed by atoms with Gasteiger partial charge >= 0.3 is 0 Å². The third kappa shape index (κ3) is 3.11. The largest absolute Gasteiger partial charge is 0.333 e. The SMILES string of the molecule is C[C@H](c1ccccn1)N(C)C(=O)c1ccnc(-n2ccnc2)c1. The quantitative estimate of drug-likeness (QED) is 0.743. The van der Waals surface area contributed by atoms with Crippen molar-refractivity contribution >= 4 is 5.91 Å². The van der Waals surface area contributed by atoms with E-state index >= 15 is 0 Å². The number of hydrogen-bond donors (Lipinski definition) is 0. The van der Waals surface area contributed by atoms with Gasteiger partial charge in [-0.15, -0.1) is 0 Å². The first-order valence-electron chi connectivity index (χ1n) is 7.29. The summed E-state index contributed by atoms with van der Waals surface area (Å²) in [5.41, 5.74) is 1.43. The summed E-state index contributed by atoms with van der Waals surface area (Å²) in [5.74, 6) is 0.583. The highest BCUT2D eigenvalue weighted by atomic mass is 16.2. The predicted octanol–water partition coefficient (Wildman–Crippen LogP) is 2.50. The van der Waals surface area contributed by atoms with Crippen molar-refractivity contribution in [2.75, 3.05) is 7.05 Å². The highest BCUT2D eigenvalue weighted by Gasteiger charge is 2.20. The number of carbonyl (C=O) groups excluding carboxylic acids is 1. The predicted molar refractivity (Wildman–Crippen MR) is 86.1 cm³/mol. The molecule has 0 aliphatic rings. The van der Waals surface area contributed by atoms with E-state index in [2.05, 4.69) is 15.0 Å². The topological polar surface area (TPSA) is 63.9 Å². The van der Waals surface area contributed by atoms with Crippen molar-refractivity contribution < 1.29 is 4.79 Å². The number of nitrogens with zero attached hydrogens (tertiary/aromatic N) is 5. The summed E-state index contributed by atoms with van der Waals surface area (Å²) in [6, 6.07) is 9.04. The molecule has 0 spiro atoms. The highest BCUT2D eigenvalue weighted by Crippen LogP contribution is 2.19. The van der Waals surface area contributed by atoms with E-state index in [4.69, 9.17) is 0 Å². The zero-order valence-corrected chi connectivity index (χ0v) is 13.0. The highest BCUT2D eigenvalue weighted by molar-refractivity contribution is 5.94. The molecule has 0 saturated heterocycles. The van der Waals surface area contributed by atoms with Crippen molar-refractivity contribution in [2.45, 2.75) is 13.0 Å². The molecule has 6 nitrogen and oxygen atoms in total. The van der Waals surface area contributed by atoms with Crippen LogP contribution in [0.3, 0.4) is 0 Å². The van der Waals surface area contributed by atoms with Crippen molar-refractivity contribution in [1.82, 2.24) is 24.4 Å². The van der Waals surface area contributed by atoms with Crippen LogP contribution in [-0.2, 0) is 0 Å². The van der Waals surface area contributed by atoms with Gasteiger partial charge in [-0.1, -0.05) is 6.07 Å². The van der Waals surface area contributed by atoms with Gasteiger partial charge in [-0.2, -0.15) is 0 Å². The molecular weight excluding hydrogens is 290 g/mol. The fourth-order valence-corrected chi connectivity index (χ4v) is 2.29. The Bertz CT molecular complexity index is 786. The van der Waals surface area contributed by atoms with E-state index < -0.39 is 0 Å². The van der Waals surface area contributed by atoms with Gasteiger partial charge in [0.05, 0.1) is 11.7 Å². The van der Waals surface area contributed by atoms with Crippen molar-refractivity contribution in [1.29, 1.82) is 0 Å². The van der Waals surface area contributed by atoms with Gasteiger partial charge in [0.25, 0.3) is 5.91 Å². The fraction of sp³-hybridized carbons (Fsp3) is 0.176. The average Bonchev–Trinajstić information content (AvgIpc) is 3.15. The number of carbonyl (C=O) groups is 1. The second kappa shape index (κ2) is 6.39. The first-order chi connectivity index (χ1) is 11.2. The van der Waals surface area contributed by atoms with Crippen LogP contribution in [-0.4, -0.2) is 37.4 Å². The van der Waals surface area contributed by atoms with Crippen LogP contribution in [0.15, 0.2) is 61.4 Å². The Labute approximate surface area is 134 Å². The van der Waals surface area contributed by atoms with Crippen LogP contribution >= 0.6 is 0 Å². The van der Waals surface area contributed by atoms with E-state index in [0.717, 1.165) is 5.69 Å². The van der Waals surface area contributed by atoms with Crippen LogP contribution in [0, 0.1) is 0 Å². The molecule has 3 aromatic heterocycles. The minimum absolute atomic E-state index is 0.0769. The summed E-state index contributed by atoms with van der Waals surface area (Å²) in [6.45, 7) is 1.96. The summed E-state index contributed by atoms with van der Waals surface area (Å²) in [7, 11) is 1.78. The maximum absolute atomic E-state index is 12.7. The summed E-state index contributed by atoms with van der Waals surface area (Å²) in [5, 5.41) is 0. The lowest BCUT2D eigenvalue weighted by molar-refractivity contribution is 0.0739. The molecule has 3 rings (SSSR count). The Morgan fingerprint density at radius 2 is 2.04 bits per heavy atom. The molecule has 0 aliphatic heterocycles. The van der Waals surface area contributed by atoms with Gasteiger partial charge in [0.2, 0.25) is 0 Å². The molecule has 0 unspecified atom stereocenters. The minimum Gasteiger partial charge on any atom is -0.333 e. The van der Waals surface area contributed by atoms with Gasteiger partial charge in [0.1, 0.15) is 12.1 Å². The summed E-state index contributed by atoms with van der Waals surface area (Å²) in [4.78, 5) is 27.0. The van der Waals surface area contributed by atoms with Gasteiger partial charge in [-0.05, 0) is 31.2 Å². The monoisotopic (exact) mass is 307 g/mol. The molecule has 1 atom stereocenters. The minimum atomic E-state index is -0.117. The zero-order valence-electron chi connectivity index (χ0n) is 13.0. The molecule has 0 bridgehead atoms. The Morgan fingerprint density at radius 1 is 1.17 bits per heavy atom. The van der Waals surface area contributed by atoms with Crippen LogP contribution in [0.1, 0.15) is 29.0 Å². The molecule has 1 amide bonds. The maximum Gasteiger partial charge on any atom is 0.254 e. The molecule has 3 aromatic rings. The van der Waals surface area contributed by atoms with Crippen molar-refractivity contribution in [2.24, 2.45) is 0 Å². The van der Waals surface area contributed by atoms with Crippen LogP contribution in [0.5, 0.6) is 0 Å². The third-order valence-corrected chi connectivity index (χ3v) is 3.78. The molecule has 23 heavy (non-hydrogen) atoms.